The Hall–Kier alpha value is -3.61. The third-order valence-electron chi connectivity index (χ3n) is 10.3. The average molecular weight is 801 g/mol. The second-order valence-electron chi connectivity index (χ2n) is 14.6. The Morgan fingerprint density at radius 2 is 1.48 bits per heavy atom. The summed E-state index contributed by atoms with van der Waals surface area (Å²) >= 11 is 0. The van der Waals surface area contributed by atoms with Gasteiger partial charge in [-0.2, -0.15) is 10.4 Å². The van der Waals surface area contributed by atoms with Crippen molar-refractivity contribution in [1.29, 1.82) is 5.26 Å². The third-order valence-corrected chi connectivity index (χ3v) is 11.2. The number of nitrogen functional groups attached to an aromatic ring is 1. The van der Waals surface area contributed by atoms with Crippen molar-refractivity contribution >= 4 is 25.1 Å². The molecule has 3 aromatic rings. The van der Waals surface area contributed by atoms with Gasteiger partial charge in [0.2, 0.25) is 0 Å². The first kappa shape index (κ1) is 45.1. The zero-order valence-electron chi connectivity index (χ0n) is 32.8. The van der Waals surface area contributed by atoms with Gasteiger partial charge >= 0.3 is 7.82 Å². The molecule has 5 atom stereocenters. The van der Waals surface area contributed by atoms with Crippen LogP contribution in [0.25, 0.3) is 5.52 Å². The Kier molecular flexibility index (Phi) is 19.5. The largest absolute Gasteiger partial charge is 0.472 e. The van der Waals surface area contributed by atoms with Crippen molar-refractivity contribution in [3.05, 3.63) is 59.5 Å². The number of phosphoric ester groups is 1. The number of aliphatic hydroxyl groups excluding tert-OH is 2. The molecule has 3 heterocycles. The molecule has 1 unspecified atom stereocenters. The van der Waals surface area contributed by atoms with E-state index >= 15 is 0 Å². The number of anilines is 1. The predicted octanol–water partition coefficient (Wildman–Crippen LogP) is 7.01. The minimum Gasteiger partial charge on any atom is -0.419 e. The van der Waals surface area contributed by atoms with Crippen molar-refractivity contribution in [2.45, 2.75) is 141 Å². The van der Waals surface area contributed by atoms with E-state index in [9.17, 15) is 29.7 Å². The number of nitrogens with zero attached hydrogens (tertiary/aromatic N) is 5. The van der Waals surface area contributed by atoms with E-state index in [4.69, 9.17) is 24.3 Å². The average Bonchev–Trinajstić information content (AvgIpc) is 3.78. The van der Waals surface area contributed by atoms with E-state index in [1.807, 2.05) is 12.1 Å². The number of nitriles is 1. The summed E-state index contributed by atoms with van der Waals surface area (Å²) in [6, 6.07) is 9.50. The maximum atomic E-state index is 13.3. The van der Waals surface area contributed by atoms with Gasteiger partial charge in [0, 0.05) is 18.7 Å². The lowest BCUT2D eigenvalue weighted by atomic mass is 10.0. The lowest BCUT2D eigenvalue weighted by molar-refractivity contribution is -0.0799. The minimum absolute atomic E-state index is 0.0723. The van der Waals surface area contributed by atoms with Gasteiger partial charge in [-0.15, -0.1) is 0 Å². The number of amides is 1. The first-order valence-electron chi connectivity index (χ1n) is 20.2. The number of aliphatic hydroxyl groups is 2. The summed E-state index contributed by atoms with van der Waals surface area (Å²) in [4.78, 5) is 29.4. The fraction of sp³-hybridized carbons (Fsp3) is 0.650. The van der Waals surface area contributed by atoms with Crippen molar-refractivity contribution in [3.63, 3.8) is 0 Å². The fourth-order valence-corrected chi connectivity index (χ4v) is 7.77. The van der Waals surface area contributed by atoms with Crippen LogP contribution in [0, 0.1) is 11.5 Å². The van der Waals surface area contributed by atoms with Crippen LogP contribution in [-0.4, -0.2) is 85.2 Å². The number of hydrogen-bond donors (Lipinski definition) is 4. The number of aromatic nitrogens is 3. The number of benzene rings is 1. The topological polar surface area (TPSA) is 215 Å². The summed E-state index contributed by atoms with van der Waals surface area (Å²) in [5.74, 6) is -0.0960. The molecule has 0 spiro atoms. The van der Waals surface area contributed by atoms with E-state index < -0.39 is 45.4 Å². The van der Waals surface area contributed by atoms with Crippen molar-refractivity contribution in [2.24, 2.45) is 0 Å². The van der Waals surface area contributed by atoms with Crippen molar-refractivity contribution in [1.82, 2.24) is 19.5 Å². The van der Waals surface area contributed by atoms with E-state index in [0.29, 0.717) is 17.7 Å². The summed E-state index contributed by atoms with van der Waals surface area (Å²) in [6.45, 7) is 1.90. The highest BCUT2D eigenvalue weighted by Crippen LogP contribution is 2.44. The van der Waals surface area contributed by atoms with Gasteiger partial charge in [-0.3, -0.25) is 13.8 Å². The molecule has 0 bridgehead atoms. The highest BCUT2D eigenvalue weighted by molar-refractivity contribution is 7.47. The van der Waals surface area contributed by atoms with Gasteiger partial charge < -0.3 is 35.2 Å². The zero-order valence-corrected chi connectivity index (χ0v) is 33.6. The molecule has 1 aliphatic heterocycles. The molecule has 16 heteroatoms. The molecule has 1 aromatic carbocycles. The van der Waals surface area contributed by atoms with Gasteiger partial charge in [0.05, 0.1) is 31.6 Å². The first-order valence-corrected chi connectivity index (χ1v) is 21.7. The lowest BCUT2D eigenvalue weighted by Crippen LogP contribution is -2.42. The molecular weight excluding hydrogens is 739 g/mol. The molecule has 56 heavy (non-hydrogen) atoms. The molecule has 310 valence electrons. The molecule has 5 N–H and O–H groups in total. The maximum Gasteiger partial charge on any atom is 0.472 e. The summed E-state index contributed by atoms with van der Waals surface area (Å²) in [5, 5.41) is 35.0. The molecule has 0 radical (unpaired) electrons. The first-order chi connectivity index (χ1) is 27.2. The molecule has 0 saturated carbocycles. The highest BCUT2D eigenvalue weighted by atomic mass is 31.2. The molecule has 1 amide bonds. The van der Waals surface area contributed by atoms with Crippen LogP contribution in [0.4, 0.5) is 5.82 Å². The van der Waals surface area contributed by atoms with Crippen LogP contribution in [0.3, 0.4) is 0 Å². The van der Waals surface area contributed by atoms with Crippen molar-refractivity contribution in [3.8, 4) is 6.26 Å². The Bertz CT molecular complexity index is 1700. The Morgan fingerprint density at radius 3 is 2.11 bits per heavy atom. The monoisotopic (exact) mass is 800 g/mol. The van der Waals surface area contributed by atoms with Crippen LogP contribution in [0.15, 0.2) is 42.7 Å². The molecule has 4 rings (SSSR count). The second-order valence-corrected chi connectivity index (χ2v) is 16.0. The summed E-state index contributed by atoms with van der Waals surface area (Å²) in [7, 11) is -4.83. The van der Waals surface area contributed by atoms with Crippen LogP contribution in [-0.2, 0) is 29.6 Å². The van der Waals surface area contributed by atoms with E-state index in [1.54, 1.807) is 17.0 Å². The van der Waals surface area contributed by atoms with Gasteiger partial charge in [0.25, 0.3) is 12.2 Å². The molecule has 0 aliphatic carbocycles. The fourth-order valence-electron chi connectivity index (χ4n) is 7.00. The zero-order chi connectivity index (χ0) is 40.2. The van der Waals surface area contributed by atoms with Crippen molar-refractivity contribution < 1.29 is 43.0 Å². The standard InChI is InChI=1S/C40H61N6O9P/c1-2-3-4-5-6-7-8-9-10-11-12-13-14-15-16-19-24-52-26-32(45-25-31-20-17-18-21-33(31)40(45)49)27-54-56(50,51)55-28-36(53-29-41)38(48)37(47)34-22-23-35-39(42)43-30-44-46(34)35/h17-18,20-23,30,32,36-38,47-48H,2-16,19,24-28H2,1H3,(H,50,51)(H2,42,43,44)/t32-,36-,37+,38-/m1/s1. The molecule has 15 nitrogen and oxygen atoms in total. The van der Waals surface area contributed by atoms with Crippen LogP contribution in [0.1, 0.15) is 137 Å². The smallest absolute Gasteiger partial charge is 0.419 e. The number of ether oxygens (including phenoxy) is 2. The van der Waals surface area contributed by atoms with Gasteiger partial charge in [-0.25, -0.2) is 14.1 Å². The summed E-state index contributed by atoms with van der Waals surface area (Å²) < 4.78 is 35.7. The van der Waals surface area contributed by atoms with Crippen LogP contribution < -0.4 is 5.73 Å². The van der Waals surface area contributed by atoms with E-state index in [0.717, 1.165) is 24.8 Å². The van der Waals surface area contributed by atoms with Gasteiger partial charge in [-0.1, -0.05) is 121 Å². The number of phosphoric acid groups is 1. The van der Waals surface area contributed by atoms with Crippen molar-refractivity contribution in [2.75, 3.05) is 32.2 Å². The lowest BCUT2D eigenvalue weighted by Gasteiger charge is -2.28. The van der Waals surface area contributed by atoms with Crippen LogP contribution >= 0.6 is 7.82 Å². The quantitative estimate of drug-likeness (QED) is 0.0304. The maximum absolute atomic E-state index is 13.3. The molecule has 2 aromatic heterocycles. The number of nitrogens with two attached hydrogens (primary N) is 1. The number of carbonyl (C=O) groups is 1. The third kappa shape index (κ3) is 14.1. The number of unbranched alkanes of at least 4 members (excludes halogenated alkanes) is 15. The SMILES string of the molecule is CCCCCCCCCCCCCCCCCCOC[C@H](COP(=O)(O)OC[C@@H](OC#N)[C@@H](O)[C@@H](O)c1ccc2c(N)ncnn12)N1Cc2ccccc2C1=O. The van der Waals surface area contributed by atoms with Gasteiger partial charge in [-0.05, 0) is 30.2 Å². The van der Waals surface area contributed by atoms with E-state index in [1.165, 1.54) is 113 Å². The summed E-state index contributed by atoms with van der Waals surface area (Å²) in [6.07, 6.45) is 17.9. The number of fused-ring (bicyclic) bond motifs is 2. The molecule has 1 aliphatic rings. The molecular formula is C40H61N6O9P. The number of carbonyl (C=O) groups excluding carboxylic acids is 1. The minimum atomic E-state index is -4.83. The van der Waals surface area contributed by atoms with Gasteiger partial charge in [0.15, 0.2) is 11.9 Å². The number of hydrogen-bond acceptors (Lipinski definition) is 12. The Labute approximate surface area is 330 Å². The predicted molar refractivity (Wildman–Crippen MR) is 211 cm³/mol. The Morgan fingerprint density at radius 1 is 0.875 bits per heavy atom. The molecule has 0 fully saturated rings. The summed E-state index contributed by atoms with van der Waals surface area (Å²) in [5.41, 5.74) is 7.71. The van der Waals surface area contributed by atoms with Crippen LogP contribution in [0.2, 0.25) is 0 Å². The Balaban J connectivity index is 1.19. The van der Waals surface area contributed by atoms with Gasteiger partial charge in [0.1, 0.15) is 24.1 Å². The van der Waals surface area contributed by atoms with E-state index in [-0.39, 0.29) is 30.6 Å². The molecule has 0 saturated heterocycles. The number of rotatable bonds is 30. The normalized spacial score (nSPS) is 16.0. The van der Waals surface area contributed by atoms with E-state index in [2.05, 4.69) is 17.0 Å². The second kappa shape index (κ2) is 24.2. The highest BCUT2D eigenvalue weighted by Gasteiger charge is 2.37. The van der Waals surface area contributed by atoms with Crippen LogP contribution in [0.5, 0.6) is 0 Å².